The highest BCUT2D eigenvalue weighted by atomic mass is 35.5. The van der Waals surface area contributed by atoms with E-state index in [1.807, 2.05) is 26.0 Å². The molecule has 0 spiro atoms. The monoisotopic (exact) mass is 465 g/mol. The molecule has 2 heterocycles. The summed E-state index contributed by atoms with van der Waals surface area (Å²) in [4.78, 5) is 18.8. The molecule has 2 aromatic heterocycles. The fraction of sp³-hybridized carbons (Fsp3) is 0.208. The zero-order chi connectivity index (χ0) is 23.5. The van der Waals surface area contributed by atoms with Crippen LogP contribution in [0.4, 0.5) is 0 Å². The van der Waals surface area contributed by atoms with Gasteiger partial charge in [0.2, 0.25) is 5.88 Å². The Labute approximate surface area is 196 Å². The number of rotatable bonds is 7. The van der Waals surface area contributed by atoms with E-state index in [4.69, 9.17) is 21.2 Å². The van der Waals surface area contributed by atoms with E-state index >= 15 is 0 Å². The first-order valence-corrected chi connectivity index (χ1v) is 10.7. The molecule has 33 heavy (non-hydrogen) atoms. The number of amides is 1. The van der Waals surface area contributed by atoms with Crippen molar-refractivity contribution in [2.45, 2.75) is 20.5 Å². The van der Waals surface area contributed by atoms with E-state index in [0.29, 0.717) is 22.2 Å². The molecule has 1 N–H and O–H groups in total. The van der Waals surface area contributed by atoms with Gasteiger partial charge in [0.1, 0.15) is 23.6 Å². The van der Waals surface area contributed by atoms with Gasteiger partial charge in [-0.3, -0.25) is 14.3 Å². The summed E-state index contributed by atoms with van der Waals surface area (Å²) >= 11 is 6.10. The van der Waals surface area contributed by atoms with Gasteiger partial charge in [0.15, 0.2) is 0 Å². The summed E-state index contributed by atoms with van der Waals surface area (Å²) in [5.41, 5.74) is 7.07. The van der Waals surface area contributed by atoms with Crippen LogP contribution < -0.4 is 10.2 Å². The predicted octanol–water partition coefficient (Wildman–Crippen LogP) is 4.74. The van der Waals surface area contributed by atoms with E-state index in [-0.39, 0.29) is 18.1 Å². The summed E-state index contributed by atoms with van der Waals surface area (Å²) in [6.07, 6.45) is 1.64. The van der Waals surface area contributed by atoms with Gasteiger partial charge in [0, 0.05) is 25.3 Å². The summed E-state index contributed by atoms with van der Waals surface area (Å²) in [6, 6.07) is 14.8. The van der Waals surface area contributed by atoms with E-state index in [0.717, 1.165) is 11.1 Å². The number of hydroxylamine groups is 1. The normalized spacial score (nSPS) is 10.9. The van der Waals surface area contributed by atoms with E-state index in [2.05, 4.69) is 21.7 Å². The average molecular weight is 466 g/mol. The Morgan fingerprint density at radius 2 is 1.91 bits per heavy atom. The van der Waals surface area contributed by atoms with Crippen LogP contribution in [0, 0.1) is 13.8 Å². The Hall–Kier alpha value is -3.62. The molecule has 0 radical (unpaired) electrons. The fourth-order valence-electron chi connectivity index (χ4n) is 3.50. The molecule has 0 saturated carbocycles. The maximum absolute atomic E-state index is 13.3. The van der Waals surface area contributed by atoms with Crippen LogP contribution in [0.2, 0.25) is 5.02 Å². The van der Waals surface area contributed by atoms with Gasteiger partial charge in [0.05, 0.1) is 5.69 Å². The third kappa shape index (κ3) is 4.92. The Kier molecular flexibility index (Phi) is 6.48. The van der Waals surface area contributed by atoms with Gasteiger partial charge >= 0.3 is 0 Å². The molecule has 4 rings (SSSR count). The van der Waals surface area contributed by atoms with Crippen molar-refractivity contribution in [1.29, 1.82) is 0 Å². The van der Waals surface area contributed by atoms with Crippen LogP contribution in [0.1, 0.15) is 27.0 Å². The van der Waals surface area contributed by atoms with Gasteiger partial charge in [0.25, 0.3) is 5.91 Å². The van der Waals surface area contributed by atoms with E-state index in [9.17, 15) is 4.79 Å². The molecular formula is C24H24ClN5O3. The number of carbonyl (C=O) groups excluding carboxylic acids is 1. The molecule has 4 aromatic rings. The van der Waals surface area contributed by atoms with Crippen molar-refractivity contribution in [3.05, 3.63) is 82.0 Å². The summed E-state index contributed by atoms with van der Waals surface area (Å²) < 4.78 is 9.17. The smallest absolute Gasteiger partial charge is 0.282 e. The standard InChI is InChI=1S/C24H24ClN5O3/c1-15-8-9-17(16(2)12-15)14-32-28-23(31)21-22(20-10-11-26-29(20)3)27-30(4)24(21)33-19-7-5-6-18(25)13-19/h5-13H,14H2,1-4H3,(H,28,31). The van der Waals surface area contributed by atoms with Crippen molar-refractivity contribution in [3.8, 4) is 23.0 Å². The number of nitrogens with zero attached hydrogens (tertiary/aromatic N) is 4. The van der Waals surface area contributed by atoms with Crippen molar-refractivity contribution in [2.24, 2.45) is 14.1 Å². The largest absolute Gasteiger partial charge is 0.438 e. The van der Waals surface area contributed by atoms with Gasteiger partial charge < -0.3 is 4.74 Å². The van der Waals surface area contributed by atoms with Crippen LogP contribution in [0.3, 0.4) is 0 Å². The lowest BCUT2D eigenvalue weighted by Gasteiger charge is -2.11. The minimum absolute atomic E-state index is 0.224. The van der Waals surface area contributed by atoms with Gasteiger partial charge in [-0.25, -0.2) is 10.2 Å². The Morgan fingerprint density at radius 3 is 2.61 bits per heavy atom. The van der Waals surface area contributed by atoms with Crippen molar-refractivity contribution >= 4 is 17.5 Å². The van der Waals surface area contributed by atoms with Crippen LogP contribution in [0.5, 0.6) is 11.6 Å². The maximum atomic E-state index is 13.3. The molecule has 9 heteroatoms. The molecule has 0 fully saturated rings. The van der Waals surface area contributed by atoms with E-state index in [1.165, 1.54) is 10.2 Å². The molecule has 0 aliphatic carbocycles. The lowest BCUT2D eigenvalue weighted by Crippen LogP contribution is -2.24. The number of ether oxygens (including phenoxy) is 1. The molecule has 170 valence electrons. The highest BCUT2D eigenvalue weighted by molar-refractivity contribution is 6.30. The molecule has 0 aliphatic rings. The van der Waals surface area contributed by atoms with E-state index < -0.39 is 5.91 Å². The van der Waals surface area contributed by atoms with Crippen molar-refractivity contribution in [1.82, 2.24) is 25.0 Å². The highest BCUT2D eigenvalue weighted by Crippen LogP contribution is 2.33. The lowest BCUT2D eigenvalue weighted by atomic mass is 10.1. The fourth-order valence-corrected chi connectivity index (χ4v) is 3.68. The number of hydrogen-bond donors (Lipinski definition) is 1. The highest BCUT2D eigenvalue weighted by Gasteiger charge is 2.27. The second kappa shape index (κ2) is 9.48. The first-order valence-electron chi connectivity index (χ1n) is 10.3. The Morgan fingerprint density at radius 1 is 1.09 bits per heavy atom. The van der Waals surface area contributed by atoms with Crippen LogP contribution in [-0.2, 0) is 25.5 Å². The molecule has 0 aliphatic heterocycles. The molecule has 0 atom stereocenters. The van der Waals surface area contributed by atoms with Crippen LogP contribution in [0.15, 0.2) is 54.7 Å². The van der Waals surface area contributed by atoms with E-state index in [1.54, 1.807) is 55.3 Å². The summed E-state index contributed by atoms with van der Waals surface area (Å²) in [5.74, 6) is 0.245. The molecule has 0 bridgehead atoms. The number of hydrogen-bond acceptors (Lipinski definition) is 5. The van der Waals surface area contributed by atoms with Gasteiger partial charge in [-0.2, -0.15) is 10.2 Å². The van der Waals surface area contributed by atoms with Crippen LogP contribution in [-0.4, -0.2) is 25.5 Å². The summed E-state index contributed by atoms with van der Waals surface area (Å²) in [6.45, 7) is 4.26. The quantitative estimate of drug-likeness (QED) is 0.398. The zero-order valence-electron chi connectivity index (χ0n) is 18.8. The van der Waals surface area contributed by atoms with Crippen LogP contribution in [0.25, 0.3) is 11.4 Å². The molecule has 1 amide bonds. The van der Waals surface area contributed by atoms with Crippen LogP contribution >= 0.6 is 11.6 Å². The van der Waals surface area contributed by atoms with Gasteiger partial charge in [-0.1, -0.05) is 41.4 Å². The third-order valence-corrected chi connectivity index (χ3v) is 5.42. The van der Waals surface area contributed by atoms with Gasteiger partial charge in [-0.15, -0.1) is 0 Å². The molecule has 2 aromatic carbocycles. The lowest BCUT2D eigenvalue weighted by molar-refractivity contribution is 0.0230. The number of nitrogens with one attached hydrogen (secondary N) is 1. The predicted molar refractivity (Wildman–Crippen MR) is 125 cm³/mol. The molecular weight excluding hydrogens is 442 g/mol. The van der Waals surface area contributed by atoms with Crippen molar-refractivity contribution in [2.75, 3.05) is 0 Å². The SMILES string of the molecule is Cc1ccc(CONC(=O)c2c(-c3ccnn3C)nn(C)c2Oc2cccc(Cl)c2)c(C)c1. The van der Waals surface area contributed by atoms with Crippen molar-refractivity contribution < 1.29 is 14.4 Å². The maximum Gasteiger partial charge on any atom is 0.282 e. The second-order valence-electron chi connectivity index (χ2n) is 7.70. The summed E-state index contributed by atoms with van der Waals surface area (Å²) in [7, 11) is 3.48. The number of halogens is 1. The molecule has 0 saturated heterocycles. The number of aryl methyl sites for hydroxylation is 4. The first-order chi connectivity index (χ1) is 15.8. The number of aromatic nitrogens is 4. The molecule has 8 nitrogen and oxygen atoms in total. The third-order valence-electron chi connectivity index (χ3n) is 5.19. The second-order valence-corrected chi connectivity index (χ2v) is 8.14. The Bertz CT molecular complexity index is 1310. The van der Waals surface area contributed by atoms with Crippen molar-refractivity contribution in [3.63, 3.8) is 0 Å². The topological polar surface area (TPSA) is 83.2 Å². The van der Waals surface area contributed by atoms with Gasteiger partial charge in [-0.05, 0) is 49.2 Å². The zero-order valence-corrected chi connectivity index (χ0v) is 19.6. The minimum atomic E-state index is -0.485. The Balaban J connectivity index is 1.64. The first kappa shape index (κ1) is 22.6. The number of benzene rings is 2. The minimum Gasteiger partial charge on any atom is -0.438 e. The molecule has 0 unspecified atom stereocenters. The summed E-state index contributed by atoms with van der Waals surface area (Å²) in [5, 5.41) is 9.24. The number of carbonyl (C=O) groups is 1. The average Bonchev–Trinajstić information content (AvgIpc) is 3.32.